The molecule has 2 nitrogen and oxygen atoms in total. The summed E-state index contributed by atoms with van der Waals surface area (Å²) in [5, 5.41) is 3.93. The SMILES string of the molecule is CCCNCc1cc(F)ccc1Oc1ccc(Cl)cc1C. The summed E-state index contributed by atoms with van der Waals surface area (Å²) in [7, 11) is 0. The van der Waals surface area contributed by atoms with Gasteiger partial charge in [-0.25, -0.2) is 4.39 Å². The van der Waals surface area contributed by atoms with E-state index in [2.05, 4.69) is 12.2 Å². The van der Waals surface area contributed by atoms with Crippen LogP contribution in [0.3, 0.4) is 0 Å². The van der Waals surface area contributed by atoms with Crippen LogP contribution in [0, 0.1) is 12.7 Å². The topological polar surface area (TPSA) is 21.3 Å². The Morgan fingerprint density at radius 1 is 1.14 bits per heavy atom. The van der Waals surface area contributed by atoms with Crippen LogP contribution in [0.5, 0.6) is 11.5 Å². The van der Waals surface area contributed by atoms with Gasteiger partial charge >= 0.3 is 0 Å². The molecule has 21 heavy (non-hydrogen) atoms. The van der Waals surface area contributed by atoms with E-state index >= 15 is 0 Å². The summed E-state index contributed by atoms with van der Waals surface area (Å²) in [6, 6.07) is 10.0. The molecule has 0 aromatic heterocycles. The minimum atomic E-state index is -0.261. The maximum Gasteiger partial charge on any atom is 0.132 e. The standard InChI is InChI=1S/C17H19ClFNO/c1-3-8-20-11-13-10-15(19)5-7-17(13)21-16-6-4-14(18)9-12(16)2/h4-7,9-10,20H,3,8,11H2,1-2H3. The Morgan fingerprint density at radius 2 is 1.90 bits per heavy atom. The fourth-order valence-electron chi connectivity index (χ4n) is 2.03. The van der Waals surface area contributed by atoms with E-state index in [4.69, 9.17) is 16.3 Å². The third-order valence-corrected chi connectivity index (χ3v) is 3.36. The number of benzene rings is 2. The smallest absolute Gasteiger partial charge is 0.132 e. The molecule has 0 saturated heterocycles. The van der Waals surface area contributed by atoms with Gasteiger partial charge in [0.25, 0.3) is 0 Å². The average molecular weight is 308 g/mol. The van der Waals surface area contributed by atoms with Crippen molar-refractivity contribution >= 4 is 11.6 Å². The molecule has 0 atom stereocenters. The van der Waals surface area contributed by atoms with E-state index in [0.717, 1.165) is 29.8 Å². The molecule has 0 aliphatic heterocycles. The Morgan fingerprint density at radius 3 is 2.62 bits per heavy atom. The lowest BCUT2D eigenvalue weighted by molar-refractivity contribution is 0.466. The summed E-state index contributed by atoms with van der Waals surface area (Å²) in [5.41, 5.74) is 1.75. The highest BCUT2D eigenvalue weighted by molar-refractivity contribution is 6.30. The Kier molecular flexibility index (Phi) is 5.59. The second-order valence-corrected chi connectivity index (χ2v) is 5.38. The molecule has 0 heterocycles. The van der Waals surface area contributed by atoms with E-state index in [-0.39, 0.29) is 5.82 Å². The van der Waals surface area contributed by atoms with Gasteiger partial charge in [-0.15, -0.1) is 0 Å². The molecule has 0 aliphatic carbocycles. The molecule has 0 bridgehead atoms. The molecule has 4 heteroatoms. The second kappa shape index (κ2) is 7.43. The Hall–Kier alpha value is -1.58. The van der Waals surface area contributed by atoms with Crippen molar-refractivity contribution in [3.63, 3.8) is 0 Å². The molecule has 2 aromatic rings. The lowest BCUT2D eigenvalue weighted by Crippen LogP contribution is -2.14. The molecule has 0 saturated carbocycles. The summed E-state index contributed by atoms with van der Waals surface area (Å²) < 4.78 is 19.3. The zero-order valence-corrected chi connectivity index (χ0v) is 13.0. The maximum absolute atomic E-state index is 13.4. The van der Waals surface area contributed by atoms with Gasteiger partial charge in [0.1, 0.15) is 17.3 Å². The first kappa shape index (κ1) is 15.8. The summed E-state index contributed by atoms with van der Waals surface area (Å²) in [5.74, 6) is 1.12. The molecular weight excluding hydrogens is 289 g/mol. The van der Waals surface area contributed by atoms with Gasteiger partial charge in [0.15, 0.2) is 0 Å². The Bertz CT molecular complexity index is 616. The third-order valence-electron chi connectivity index (χ3n) is 3.12. The monoisotopic (exact) mass is 307 g/mol. The fourth-order valence-corrected chi connectivity index (χ4v) is 2.26. The van der Waals surface area contributed by atoms with Crippen LogP contribution in [0.25, 0.3) is 0 Å². The summed E-state index contributed by atoms with van der Waals surface area (Å²) in [6.07, 6.45) is 1.03. The van der Waals surface area contributed by atoms with Crippen molar-refractivity contribution in [1.82, 2.24) is 5.32 Å². The molecule has 2 aromatic carbocycles. The van der Waals surface area contributed by atoms with Gasteiger partial charge < -0.3 is 10.1 Å². The van der Waals surface area contributed by atoms with Crippen molar-refractivity contribution in [2.24, 2.45) is 0 Å². The van der Waals surface area contributed by atoms with E-state index in [1.807, 2.05) is 19.1 Å². The molecule has 1 N–H and O–H groups in total. The first-order chi connectivity index (χ1) is 10.1. The number of aryl methyl sites for hydroxylation is 1. The molecule has 0 fully saturated rings. The van der Waals surface area contributed by atoms with Crippen LogP contribution >= 0.6 is 11.6 Å². The molecule has 0 spiro atoms. The minimum Gasteiger partial charge on any atom is -0.457 e. The van der Waals surface area contributed by atoms with Gasteiger partial charge in [0.2, 0.25) is 0 Å². The lowest BCUT2D eigenvalue weighted by atomic mass is 10.1. The highest BCUT2D eigenvalue weighted by Crippen LogP contribution is 2.30. The maximum atomic E-state index is 13.4. The van der Waals surface area contributed by atoms with E-state index in [9.17, 15) is 4.39 Å². The Labute approximate surface area is 129 Å². The van der Waals surface area contributed by atoms with E-state index in [1.54, 1.807) is 12.1 Å². The highest BCUT2D eigenvalue weighted by Gasteiger charge is 2.08. The van der Waals surface area contributed by atoms with E-state index in [0.29, 0.717) is 17.3 Å². The number of hydrogen-bond donors (Lipinski definition) is 1. The van der Waals surface area contributed by atoms with Gasteiger partial charge in [-0.2, -0.15) is 0 Å². The van der Waals surface area contributed by atoms with Crippen molar-refractivity contribution in [3.05, 3.63) is 58.4 Å². The fraction of sp³-hybridized carbons (Fsp3) is 0.294. The quantitative estimate of drug-likeness (QED) is 0.751. The highest BCUT2D eigenvalue weighted by atomic mass is 35.5. The summed E-state index contributed by atoms with van der Waals surface area (Å²) >= 11 is 5.94. The number of rotatable bonds is 6. The largest absolute Gasteiger partial charge is 0.457 e. The van der Waals surface area contributed by atoms with Gasteiger partial charge in [-0.1, -0.05) is 18.5 Å². The van der Waals surface area contributed by atoms with Crippen LogP contribution in [0.15, 0.2) is 36.4 Å². The lowest BCUT2D eigenvalue weighted by Gasteiger charge is -2.14. The zero-order valence-electron chi connectivity index (χ0n) is 12.2. The van der Waals surface area contributed by atoms with Gasteiger partial charge in [0, 0.05) is 17.1 Å². The number of hydrogen-bond acceptors (Lipinski definition) is 2. The molecule has 0 unspecified atom stereocenters. The van der Waals surface area contributed by atoms with Crippen LogP contribution in [-0.2, 0) is 6.54 Å². The summed E-state index contributed by atoms with van der Waals surface area (Å²) in [4.78, 5) is 0. The molecule has 2 rings (SSSR count). The first-order valence-corrected chi connectivity index (χ1v) is 7.41. The number of nitrogens with one attached hydrogen (secondary N) is 1. The number of halogens is 2. The van der Waals surface area contributed by atoms with Crippen molar-refractivity contribution in [3.8, 4) is 11.5 Å². The molecule has 0 aliphatic rings. The van der Waals surface area contributed by atoms with Gasteiger partial charge in [-0.05, 0) is 61.9 Å². The molecule has 0 amide bonds. The van der Waals surface area contributed by atoms with E-state index < -0.39 is 0 Å². The van der Waals surface area contributed by atoms with Crippen LogP contribution < -0.4 is 10.1 Å². The van der Waals surface area contributed by atoms with Crippen LogP contribution in [0.4, 0.5) is 4.39 Å². The van der Waals surface area contributed by atoms with Crippen LogP contribution in [0.2, 0.25) is 5.02 Å². The molecule has 112 valence electrons. The van der Waals surface area contributed by atoms with E-state index in [1.165, 1.54) is 12.1 Å². The summed E-state index contributed by atoms with van der Waals surface area (Å²) in [6.45, 7) is 5.48. The minimum absolute atomic E-state index is 0.261. The van der Waals surface area contributed by atoms with Crippen molar-refractivity contribution < 1.29 is 9.13 Å². The predicted octanol–water partition coefficient (Wildman–Crippen LogP) is 5.08. The predicted molar refractivity (Wildman–Crippen MR) is 84.7 cm³/mol. The second-order valence-electron chi connectivity index (χ2n) is 4.94. The van der Waals surface area contributed by atoms with Crippen molar-refractivity contribution in [1.29, 1.82) is 0 Å². The van der Waals surface area contributed by atoms with Gasteiger partial charge in [-0.3, -0.25) is 0 Å². The van der Waals surface area contributed by atoms with Crippen molar-refractivity contribution in [2.45, 2.75) is 26.8 Å². The van der Waals surface area contributed by atoms with Gasteiger partial charge in [0.05, 0.1) is 0 Å². The average Bonchev–Trinajstić information content (AvgIpc) is 2.44. The van der Waals surface area contributed by atoms with Crippen LogP contribution in [-0.4, -0.2) is 6.54 Å². The third kappa shape index (κ3) is 4.45. The normalized spacial score (nSPS) is 10.7. The zero-order chi connectivity index (χ0) is 15.2. The van der Waals surface area contributed by atoms with Crippen LogP contribution in [0.1, 0.15) is 24.5 Å². The van der Waals surface area contributed by atoms with Crippen molar-refractivity contribution in [2.75, 3.05) is 6.54 Å². The Balaban J connectivity index is 2.22. The first-order valence-electron chi connectivity index (χ1n) is 7.03. The number of ether oxygens (including phenoxy) is 1. The molecule has 0 radical (unpaired) electrons. The molecular formula is C17H19ClFNO.